The van der Waals surface area contributed by atoms with Gasteiger partial charge in [-0.25, -0.2) is 95.6 Å². The molecule has 0 rings (SSSR count). The van der Waals surface area contributed by atoms with Gasteiger partial charge in [-0.15, -0.1) is 0 Å². The number of hydrogen-bond acceptors (Lipinski definition) is 0. The summed E-state index contributed by atoms with van der Waals surface area (Å²) in [7, 11) is -6.15. The van der Waals surface area contributed by atoms with Gasteiger partial charge in [-0.2, -0.15) is 23.3 Å². The molecule has 0 atom stereocenters. The van der Waals surface area contributed by atoms with Gasteiger partial charge in [0.05, 0.1) is 0 Å². The topological polar surface area (TPSA) is 0 Å². The van der Waals surface area contributed by atoms with Crippen molar-refractivity contribution in [1.29, 1.82) is 0 Å². The van der Waals surface area contributed by atoms with E-state index >= 15 is 0 Å². The Bertz CT molecular complexity index is 1030. The van der Waals surface area contributed by atoms with Crippen LogP contribution < -0.4 is 0 Å². The van der Waals surface area contributed by atoms with Crippen molar-refractivity contribution in [2.45, 2.75) is 78.6 Å². The van der Waals surface area contributed by atoms with E-state index in [1.54, 1.807) is 0 Å². The van der Waals surface area contributed by atoms with Gasteiger partial charge < -0.3 is 78.8 Å². The van der Waals surface area contributed by atoms with Gasteiger partial charge in [0.1, 0.15) is 0 Å². The molecule has 0 heterocycles. The standard InChI is InChI=1S/C10H18Br2Si2.C10H18F2Si2.C4Br4.C4H2F2.C4H4.Br2.5Y/c2*1-13(2,3)7-9(11)10(12)8-14(4,5)6;5-1-3(7)4(8)2-6;1-3(5)4(2)6;1-3-4-2;1-2;;;;;/h2*1-6H3;;1-2H;1-4H;;;;;;/q5*-2;;;;;;. The second kappa shape index (κ2) is 50.3. The van der Waals surface area contributed by atoms with Crippen molar-refractivity contribution >= 4 is 156 Å². The molecule has 295 valence electrons. The van der Waals surface area contributed by atoms with E-state index in [-0.39, 0.29) is 164 Å². The van der Waals surface area contributed by atoms with Gasteiger partial charge in [0.25, 0.3) is 0 Å². The van der Waals surface area contributed by atoms with E-state index in [1.165, 1.54) is 12.2 Å². The molecule has 0 bridgehead atoms. The summed E-state index contributed by atoms with van der Waals surface area (Å²) in [5, 5.41) is 0. The molecule has 0 unspecified atom stereocenters. The molecule has 5 radical (unpaired) electrons. The Labute approximate surface area is 517 Å². The molecular weight excluding hydrogens is 1660 g/mol. The Hall–Kier alpha value is 7.35. The van der Waals surface area contributed by atoms with Gasteiger partial charge >= 0.3 is 0 Å². The minimum atomic E-state index is -1.81. The maximum absolute atomic E-state index is 13.2. The summed E-state index contributed by atoms with van der Waals surface area (Å²) in [6.07, 6.45) is 2.56. The zero-order chi connectivity index (χ0) is 40.3. The Balaban J connectivity index is -0.0000000471. The van der Waals surface area contributed by atoms with Crippen LogP contribution in [0.25, 0.3) is 0 Å². The molecule has 0 spiro atoms. The molecule has 0 aliphatic rings. The first-order valence-electron chi connectivity index (χ1n) is 13.1. The maximum atomic E-state index is 13.2. The average Bonchev–Trinajstić information content (AvgIpc) is 2.90. The van der Waals surface area contributed by atoms with Gasteiger partial charge in [-0.1, -0.05) is 78.6 Å². The minimum Gasteiger partial charge on any atom is -0.394 e. The zero-order valence-corrected chi connectivity index (χ0v) is 62.8. The van der Waals surface area contributed by atoms with Crippen molar-refractivity contribution in [2.75, 3.05) is 0 Å². The van der Waals surface area contributed by atoms with E-state index in [0.717, 1.165) is 17.9 Å². The third-order valence-electron chi connectivity index (χ3n) is 3.02. The Morgan fingerprint density at radius 2 is 0.604 bits per heavy atom. The fourth-order valence-corrected chi connectivity index (χ4v) is 9.98. The van der Waals surface area contributed by atoms with Crippen LogP contribution in [0.5, 0.6) is 0 Å². The molecule has 0 fully saturated rings. The van der Waals surface area contributed by atoms with Crippen LogP contribution in [-0.4, -0.2) is 32.3 Å². The van der Waals surface area contributed by atoms with Crippen LogP contribution in [-0.2, 0) is 164 Å². The van der Waals surface area contributed by atoms with Crippen LogP contribution in [0.1, 0.15) is 0 Å². The second-order valence-corrected chi connectivity index (χ2v) is 35.6. The normalized spacial score (nSPS) is 12.0. The second-order valence-electron chi connectivity index (χ2n) is 12.7. The maximum Gasteiger partial charge on any atom is 0 e. The molecule has 0 saturated heterocycles. The van der Waals surface area contributed by atoms with Crippen molar-refractivity contribution < 1.29 is 181 Å². The van der Waals surface area contributed by atoms with Gasteiger partial charge in [0.2, 0.25) is 0 Å². The first-order valence-corrected chi connectivity index (χ1v) is 35.6. The fourth-order valence-electron chi connectivity index (χ4n) is 1.62. The smallest absolute Gasteiger partial charge is 0 e. The first kappa shape index (κ1) is 87.3. The summed E-state index contributed by atoms with van der Waals surface area (Å²) in [6.45, 7) is 42.8. The molecule has 0 saturated carbocycles. The summed E-state index contributed by atoms with van der Waals surface area (Å²) in [5.74, 6) is -4.64. The van der Waals surface area contributed by atoms with E-state index in [1.807, 2.05) is 39.3 Å². The fraction of sp³-hybridized carbons (Fsp3) is 0.375. The summed E-state index contributed by atoms with van der Waals surface area (Å²) in [5.41, 5.74) is 12.1. The third kappa shape index (κ3) is 83.5. The average molecular weight is 1700 g/mol. The quantitative estimate of drug-likeness (QED) is 0.0934. The summed E-state index contributed by atoms with van der Waals surface area (Å²) >= 11 is 25.0. The molecule has 0 nitrogen and oxygen atoms in total. The Morgan fingerprint density at radius 3 is 0.698 bits per heavy atom. The van der Waals surface area contributed by atoms with Crippen LogP contribution >= 0.6 is 124 Å². The molecule has 0 aromatic heterocycles. The molecule has 0 aliphatic heterocycles. The summed E-state index contributed by atoms with van der Waals surface area (Å²) in [4.78, 5) is 5.37. The minimum absolute atomic E-state index is 0. The van der Waals surface area contributed by atoms with E-state index < -0.39 is 55.6 Å². The zero-order valence-electron chi connectivity index (χ0n) is 31.9. The number of allylic oxidation sites excluding steroid dienone is 10. The third-order valence-corrected chi connectivity index (χ3v) is 13.0. The monoisotopic (exact) mass is 1690 g/mol. The molecule has 0 amide bonds. The van der Waals surface area contributed by atoms with Crippen molar-refractivity contribution in [3.05, 3.63) is 112 Å². The van der Waals surface area contributed by atoms with Gasteiger partial charge in [-0.05, 0) is 32.3 Å². The predicted octanol–water partition coefficient (Wildman–Crippen LogP) is 17.0. The van der Waals surface area contributed by atoms with Crippen molar-refractivity contribution in [3.8, 4) is 0 Å². The van der Waals surface area contributed by atoms with Gasteiger partial charge in [0.15, 0.2) is 0 Å². The molecule has 0 N–H and O–H groups in total. The van der Waals surface area contributed by atoms with Gasteiger partial charge in [0, 0.05) is 192 Å². The van der Waals surface area contributed by atoms with Crippen LogP contribution in [0.4, 0.5) is 17.6 Å². The van der Waals surface area contributed by atoms with Gasteiger partial charge in [-0.3, -0.25) is 27.9 Å². The summed E-state index contributed by atoms with van der Waals surface area (Å²) < 4.78 is 52.0. The molecular formula is C32H42Br8F4Si4Y5-10. The van der Waals surface area contributed by atoms with Crippen LogP contribution in [0, 0.1) is 59.1 Å². The van der Waals surface area contributed by atoms with Crippen molar-refractivity contribution in [2.24, 2.45) is 0 Å². The number of rotatable bonds is 9. The first-order chi connectivity index (χ1) is 21.3. The molecule has 0 aromatic carbocycles. The van der Waals surface area contributed by atoms with Crippen LogP contribution in [0.3, 0.4) is 0 Å². The van der Waals surface area contributed by atoms with Crippen LogP contribution in [0.2, 0.25) is 78.6 Å². The van der Waals surface area contributed by atoms with E-state index in [4.69, 9.17) is 13.2 Å². The largest absolute Gasteiger partial charge is 0.394 e. The molecule has 53 heavy (non-hydrogen) atoms. The molecule has 0 aliphatic carbocycles. The SMILES string of the molecule is BrBr.Br[C-]=C(Br)C(Br)=[C-]Br.C[Si](C)(C)[C-]=C(Br)C(Br)=[C-][Si](C)(C)C.C[Si](C)(C)[C-]=C(F)C(F)=[C-][Si](C)(C)C.[CH-]=C(F)C(=[CH-])F.[CH-]=CC=[CH-].[Y].[Y].[Y].[Y].[Y]. The van der Waals surface area contributed by atoms with Crippen molar-refractivity contribution in [3.63, 3.8) is 0 Å². The predicted molar refractivity (Wildman–Crippen MR) is 243 cm³/mol. The molecule has 0 aromatic rings. The Morgan fingerprint density at radius 1 is 0.434 bits per heavy atom. The van der Waals surface area contributed by atoms with Crippen LogP contribution in [0.15, 0.2) is 53.4 Å². The number of halogens is 12. The molecule has 21 heteroatoms. The number of hydrogen-bond donors (Lipinski definition) is 0. The van der Waals surface area contributed by atoms with E-state index in [9.17, 15) is 17.6 Å². The van der Waals surface area contributed by atoms with Crippen molar-refractivity contribution in [1.82, 2.24) is 0 Å². The Kier molecular flexibility index (Phi) is 82.9. The summed E-state index contributed by atoms with van der Waals surface area (Å²) in [6, 6.07) is 0. The van der Waals surface area contributed by atoms with E-state index in [2.05, 4.69) is 209 Å². The van der Waals surface area contributed by atoms with E-state index in [0.29, 0.717) is 0 Å².